The fraction of sp³-hybridized carbons (Fsp3) is 0. The third-order valence-corrected chi connectivity index (χ3v) is 7.64. The molecule has 0 spiro atoms. The van der Waals surface area contributed by atoms with Crippen molar-refractivity contribution in [3.8, 4) is 45.3 Å². The SMILES string of the molecule is Fc1ccc(-c2nc(-c3ccc(F)cc3)nc(-c3cc(-c4ccc5ccccc5c4)c4c(c3)oc3ccccc34)n2)cc1. The lowest BCUT2D eigenvalue weighted by Crippen LogP contribution is -2.00. The van der Waals surface area contributed by atoms with Crippen LogP contribution in [0.2, 0.25) is 0 Å². The number of hydrogen-bond acceptors (Lipinski definition) is 4. The normalized spacial score (nSPS) is 11.5. The Kier molecular flexibility index (Phi) is 5.79. The van der Waals surface area contributed by atoms with Crippen molar-refractivity contribution >= 4 is 32.7 Å². The molecule has 4 nitrogen and oxygen atoms in total. The van der Waals surface area contributed by atoms with E-state index in [2.05, 4.69) is 47.4 Å². The van der Waals surface area contributed by atoms with Crippen LogP contribution in [-0.2, 0) is 0 Å². The molecule has 0 aliphatic rings. The fourth-order valence-corrected chi connectivity index (χ4v) is 5.53. The van der Waals surface area contributed by atoms with Gasteiger partial charge in [-0.15, -0.1) is 0 Å². The van der Waals surface area contributed by atoms with Crippen LogP contribution >= 0.6 is 0 Å². The Morgan fingerprint density at radius 2 is 1.00 bits per heavy atom. The van der Waals surface area contributed by atoms with Gasteiger partial charge in [-0.2, -0.15) is 0 Å². The molecule has 0 bridgehead atoms. The number of rotatable bonds is 4. The van der Waals surface area contributed by atoms with Crippen LogP contribution in [0.5, 0.6) is 0 Å². The van der Waals surface area contributed by atoms with Crippen molar-refractivity contribution in [3.05, 3.63) is 139 Å². The van der Waals surface area contributed by atoms with E-state index in [1.54, 1.807) is 24.3 Å². The highest BCUT2D eigenvalue weighted by Crippen LogP contribution is 2.40. The predicted octanol–water partition coefficient (Wildman–Crippen LogP) is 9.87. The second-order valence-electron chi connectivity index (χ2n) is 10.4. The number of para-hydroxylation sites is 1. The molecule has 0 fully saturated rings. The molecule has 8 aromatic rings. The van der Waals surface area contributed by atoms with Crippen LogP contribution in [0.4, 0.5) is 8.78 Å². The molecule has 43 heavy (non-hydrogen) atoms. The molecule has 6 heteroatoms. The van der Waals surface area contributed by atoms with Crippen LogP contribution in [0, 0.1) is 11.6 Å². The van der Waals surface area contributed by atoms with E-state index >= 15 is 0 Å². The van der Waals surface area contributed by atoms with E-state index in [1.807, 2.05) is 36.4 Å². The Labute approximate surface area is 244 Å². The van der Waals surface area contributed by atoms with Crippen LogP contribution in [0.3, 0.4) is 0 Å². The van der Waals surface area contributed by atoms with Crippen LogP contribution in [0.15, 0.2) is 132 Å². The van der Waals surface area contributed by atoms with Crippen molar-refractivity contribution in [2.45, 2.75) is 0 Å². The van der Waals surface area contributed by atoms with Gasteiger partial charge in [-0.25, -0.2) is 23.7 Å². The minimum Gasteiger partial charge on any atom is -0.456 e. The van der Waals surface area contributed by atoms with Crippen molar-refractivity contribution in [1.82, 2.24) is 15.0 Å². The molecule has 0 saturated heterocycles. The number of fused-ring (bicyclic) bond motifs is 4. The van der Waals surface area contributed by atoms with Crippen LogP contribution in [0.25, 0.3) is 78.0 Å². The Balaban J connectivity index is 1.40. The number of halogens is 2. The molecule has 0 amide bonds. The predicted molar refractivity (Wildman–Crippen MR) is 166 cm³/mol. The largest absolute Gasteiger partial charge is 0.456 e. The molecular formula is C37H21F2N3O. The number of furan rings is 1. The van der Waals surface area contributed by atoms with Crippen LogP contribution in [-0.4, -0.2) is 15.0 Å². The van der Waals surface area contributed by atoms with Crippen molar-refractivity contribution in [3.63, 3.8) is 0 Å². The molecule has 0 unspecified atom stereocenters. The van der Waals surface area contributed by atoms with E-state index in [1.165, 1.54) is 24.3 Å². The molecule has 0 N–H and O–H groups in total. The van der Waals surface area contributed by atoms with Gasteiger partial charge < -0.3 is 4.42 Å². The van der Waals surface area contributed by atoms with Gasteiger partial charge in [0, 0.05) is 27.5 Å². The van der Waals surface area contributed by atoms with Gasteiger partial charge in [-0.1, -0.05) is 54.6 Å². The van der Waals surface area contributed by atoms with Crippen molar-refractivity contribution in [1.29, 1.82) is 0 Å². The first-order chi connectivity index (χ1) is 21.1. The second kappa shape index (κ2) is 9.96. The zero-order valence-corrected chi connectivity index (χ0v) is 22.6. The van der Waals surface area contributed by atoms with Gasteiger partial charge in [0.25, 0.3) is 0 Å². The first-order valence-corrected chi connectivity index (χ1v) is 13.8. The third kappa shape index (κ3) is 4.50. The highest BCUT2D eigenvalue weighted by Gasteiger charge is 2.19. The summed E-state index contributed by atoms with van der Waals surface area (Å²) in [6, 6.07) is 38.7. The monoisotopic (exact) mass is 561 g/mol. The van der Waals surface area contributed by atoms with Gasteiger partial charge >= 0.3 is 0 Å². The first-order valence-electron chi connectivity index (χ1n) is 13.8. The molecule has 0 atom stereocenters. The average Bonchev–Trinajstić information content (AvgIpc) is 3.43. The molecule has 0 aliphatic carbocycles. The summed E-state index contributed by atoms with van der Waals surface area (Å²) >= 11 is 0. The molecule has 6 aromatic carbocycles. The zero-order valence-electron chi connectivity index (χ0n) is 22.6. The van der Waals surface area contributed by atoms with Crippen molar-refractivity contribution < 1.29 is 13.2 Å². The summed E-state index contributed by atoms with van der Waals surface area (Å²) in [7, 11) is 0. The smallest absolute Gasteiger partial charge is 0.164 e. The summed E-state index contributed by atoms with van der Waals surface area (Å²) in [5.74, 6) is 0.458. The maximum absolute atomic E-state index is 13.8. The molecular weight excluding hydrogens is 540 g/mol. The van der Waals surface area contributed by atoms with Crippen LogP contribution in [0.1, 0.15) is 0 Å². The van der Waals surface area contributed by atoms with Gasteiger partial charge in [0.2, 0.25) is 0 Å². The van der Waals surface area contributed by atoms with Crippen molar-refractivity contribution in [2.24, 2.45) is 0 Å². The second-order valence-corrected chi connectivity index (χ2v) is 10.4. The highest BCUT2D eigenvalue weighted by atomic mass is 19.1. The molecule has 2 heterocycles. The standard InChI is InChI=1S/C37H21F2N3O/c38-28-15-11-23(12-16-28)35-40-36(24-13-17-29(39)18-14-24)42-37(41-35)27-20-31(26-10-9-22-5-1-2-6-25(22)19-26)34-30-7-3-4-8-32(30)43-33(34)21-27/h1-21H. The Hall–Kier alpha value is -5.75. The van der Waals surface area contributed by atoms with Gasteiger partial charge in [0.05, 0.1) is 0 Å². The maximum atomic E-state index is 13.8. The molecule has 204 valence electrons. The lowest BCUT2D eigenvalue weighted by Gasteiger charge is -2.11. The summed E-state index contributed by atoms with van der Waals surface area (Å²) in [5.41, 5.74) is 5.49. The van der Waals surface area contributed by atoms with Crippen molar-refractivity contribution in [2.75, 3.05) is 0 Å². The Morgan fingerprint density at radius 3 is 1.67 bits per heavy atom. The summed E-state index contributed by atoms with van der Waals surface area (Å²) in [4.78, 5) is 14.3. The summed E-state index contributed by atoms with van der Waals surface area (Å²) in [6.45, 7) is 0. The Bertz CT molecular complexity index is 2250. The summed E-state index contributed by atoms with van der Waals surface area (Å²) < 4.78 is 33.9. The zero-order chi connectivity index (χ0) is 28.9. The number of nitrogens with zero attached hydrogens (tertiary/aromatic N) is 3. The quantitative estimate of drug-likeness (QED) is 0.215. The molecule has 0 aliphatic heterocycles. The minimum atomic E-state index is -0.354. The first kappa shape index (κ1) is 25.0. The van der Waals surface area contributed by atoms with E-state index in [9.17, 15) is 8.78 Å². The molecule has 0 saturated carbocycles. The van der Waals surface area contributed by atoms with E-state index in [0.29, 0.717) is 34.2 Å². The lowest BCUT2D eigenvalue weighted by atomic mass is 9.95. The number of hydrogen-bond donors (Lipinski definition) is 0. The topological polar surface area (TPSA) is 51.8 Å². The summed E-state index contributed by atoms with van der Waals surface area (Å²) in [5, 5.41) is 4.30. The molecule has 8 rings (SSSR count). The third-order valence-electron chi connectivity index (χ3n) is 7.64. The van der Waals surface area contributed by atoms with Gasteiger partial charge in [0.1, 0.15) is 22.8 Å². The lowest BCUT2D eigenvalue weighted by molar-refractivity contribution is 0.627. The number of aromatic nitrogens is 3. The van der Waals surface area contributed by atoms with Gasteiger partial charge in [-0.05, 0) is 94.7 Å². The van der Waals surface area contributed by atoms with Gasteiger partial charge in [-0.3, -0.25) is 0 Å². The van der Waals surface area contributed by atoms with E-state index in [-0.39, 0.29) is 11.6 Å². The van der Waals surface area contributed by atoms with E-state index in [4.69, 9.17) is 14.4 Å². The average molecular weight is 562 g/mol. The summed E-state index contributed by atoms with van der Waals surface area (Å²) in [6.07, 6.45) is 0. The van der Waals surface area contributed by atoms with E-state index < -0.39 is 0 Å². The molecule has 2 aromatic heterocycles. The fourth-order valence-electron chi connectivity index (χ4n) is 5.53. The maximum Gasteiger partial charge on any atom is 0.164 e. The highest BCUT2D eigenvalue weighted by molar-refractivity contribution is 6.14. The molecule has 0 radical (unpaired) electrons. The van der Waals surface area contributed by atoms with Crippen LogP contribution < -0.4 is 0 Å². The Morgan fingerprint density at radius 1 is 0.442 bits per heavy atom. The van der Waals surface area contributed by atoms with E-state index in [0.717, 1.165) is 43.8 Å². The van der Waals surface area contributed by atoms with Gasteiger partial charge in [0.15, 0.2) is 17.5 Å². The number of benzene rings is 6. The minimum absolute atomic E-state index is 0.354.